The zero-order valence-corrected chi connectivity index (χ0v) is 15.4. The van der Waals surface area contributed by atoms with E-state index in [-0.39, 0.29) is 18.1 Å². The number of pyridine rings is 1. The first kappa shape index (κ1) is 18.8. The maximum Gasteiger partial charge on any atom is 0.227 e. The molecule has 0 bridgehead atoms. The van der Waals surface area contributed by atoms with Crippen molar-refractivity contribution in [2.75, 3.05) is 0 Å². The van der Waals surface area contributed by atoms with Crippen LogP contribution in [0.2, 0.25) is 0 Å². The topological polar surface area (TPSA) is 33.2 Å². The van der Waals surface area contributed by atoms with Gasteiger partial charge in [0.1, 0.15) is 5.82 Å². The molecule has 0 atom stereocenters. The summed E-state index contributed by atoms with van der Waals surface area (Å²) in [5.74, 6) is -0.456. The van der Waals surface area contributed by atoms with Crippen molar-refractivity contribution < 1.29 is 9.18 Å². The molecule has 0 spiro atoms. The lowest BCUT2D eigenvalue weighted by Crippen LogP contribution is -2.31. The summed E-state index contributed by atoms with van der Waals surface area (Å²) < 4.78 is 14.0. The Kier molecular flexibility index (Phi) is 6.31. The van der Waals surface area contributed by atoms with Crippen LogP contribution in [0.3, 0.4) is 0 Å². The van der Waals surface area contributed by atoms with Crippen molar-refractivity contribution >= 4 is 5.91 Å². The summed E-state index contributed by atoms with van der Waals surface area (Å²) >= 11 is 0. The second-order valence-electron chi connectivity index (χ2n) is 6.55. The highest BCUT2D eigenvalue weighted by molar-refractivity contribution is 5.78. The number of halogens is 1. The van der Waals surface area contributed by atoms with Crippen molar-refractivity contribution in [2.45, 2.75) is 32.9 Å². The first-order valence-corrected chi connectivity index (χ1v) is 9.13. The number of hydrogen-bond acceptors (Lipinski definition) is 2. The van der Waals surface area contributed by atoms with Gasteiger partial charge in [0.25, 0.3) is 0 Å². The maximum absolute atomic E-state index is 14.0. The smallest absolute Gasteiger partial charge is 0.227 e. The molecule has 2 aromatic carbocycles. The molecule has 0 saturated carbocycles. The van der Waals surface area contributed by atoms with Crippen LogP contribution in [0.25, 0.3) is 0 Å². The van der Waals surface area contributed by atoms with Crippen LogP contribution < -0.4 is 0 Å². The largest absolute Gasteiger partial charge is 0.334 e. The Morgan fingerprint density at radius 1 is 0.926 bits per heavy atom. The van der Waals surface area contributed by atoms with Gasteiger partial charge in [0.05, 0.1) is 6.42 Å². The molecule has 0 aliphatic carbocycles. The summed E-state index contributed by atoms with van der Waals surface area (Å²) in [6.07, 6.45) is 4.48. The predicted molar refractivity (Wildman–Crippen MR) is 104 cm³/mol. The number of aryl methyl sites for hydroxylation is 1. The Morgan fingerprint density at radius 2 is 1.63 bits per heavy atom. The van der Waals surface area contributed by atoms with Gasteiger partial charge < -0.3 is 4.90 Å². The lowest BCUT2D eigenvalue weighted by atomic mass is 10.1. The Morgan fingerprint density at radius 3 is 2.30 bits per heavy atom. The van der Waals surface area contributed by atoms with Crippen LogP contribution in [-0.4, -0.2) is 15.8 Å². The van der Waals surface area contributed by atoms with E-state index in [2.05, 4.69) is 24.0 Å². The SMILES string of the molecule is CCc1ccc(CN(Cc2cccnc2)C(=O)Cc2ccccc2F)cc1. The third kappa shape index (κ3) is 5.23. The van der Waals surface area contributed by atoms with Crippen LogP contribution in [0.15, 0.2) is 73.1 Å². The van der Waals surface area contributed by atoms with Crippen molar-refractivity contribution in [1.82, 2.24) is 9.88 Å². The third-order valence-electron chi connectivity index (χ3n) is 4.55. The molecular weight excluding hydrogens is 339 g/mol. The fourth-order valence-electron chi connectivity index (χ4n) is 2.96. The predicted octanol–water partition coefficient (Wildman–Crippen LogP) is 4.55. The van der Waals surface area contributed by atoms with E-state index in [9.17, 15) is 9.18 Å². The van der Waals surface area contributed by atoms with Gasteiger partial charge in [-0.05, 0) is 40.8 Å². The third-order valence-corrected chi connectivity index (χ3v) is 4.55. The Balaban J connectivity index is 1.79. The van der Waals surface area contributed by atoms with Crippen LogP contribution in [0, 0.1) is 5.82 Å². The van der Waals surface area contributed by atoms with E-state index in [4.69, 9.17) is 0 Å². The molecule has 27 heavy (non-hydrogen) atoms. The molecular formula is C23H23FN2O. The second-order valence-corrected chi connectivity index (χ2v) is 6.55. The van der Waals surface area contributed by atoms with E-state index in [0.717, 1.165) is 17.5 Å². The summed E-state index contributed by atoms with van der Waals surface area (Å²) in [5.41, 5.74) is 3.68. The van der Waals surface area contributed by atoms with Crippen molar-refractivity contribution in [3.8, 4) is 0 Å². The van der Waals surface area contributed by atoms with Gasteiger partial charge in [0, 0.05) is 25.5 Å². The zero-order chi connectivity index (χ0) is 19.1. The summed E-state index contributed by atoms with van der Waals surface area (Å²) in [6, 6.07) is 18.5. The number of hydrogen-bond donors (Lipinski definition) is 0. The second kappa shape index (κ2) is 9.08. The molecule has 138 valence electrons. The van der Waals surface area contributed by atoms with E-state index in [1.54, 1.807) is 35.5 Å². The minimum atomic E-state index is -0.348. The first-order valence-electron chi connectivity index (χ1n) is 9.13. The van der Waals surface area contributed by atoms with Gasteiger partial charge >= 0.3 is 0 Å². The molecule has 1 amide bonds. The number of amides is 1. The molecule has 4 heteroatoms. The highest BCUT2D eigenvalue weighted by atomic mass is 19.1. The number of aromatic nitrogens is 1. The maximum atomic E-state index is 14.0. The molecule has 3 nitrogen and oxygen atoms in total. The van der Waals surface area contributed by atoms with Gasteiger partial charge in [-0.3, -0.25) is 9.78 Å². The molecule has 0 radical (unpaired) electrons. The molecule has 0 N–H and O–H groups in total. The number of nitrogens with zero attached hydrogens (tertiary/aromatic N) is 2. The van der Waals surface area contributed by atoms with Gasteiger partial charge in [0.2, 0.25) is 5.91 Å². The molecule has 3 rings (SSSR count). The van der Waals surface area contributed by atoms with Crippen LogP contribution in [0.1, 0.15) is 29.2 Å². The lowest BCUT2D eigenvalue weighted by Gasteiger charge is -2.23. The monoisotopic (exact) mass is 362 g/mol. The zero-order valence-electron chi connectivity index (χ0n) is 15.4. The number of carbonyl (C=O) groups is 1. The molecule has 0 saturated heterocycles. The fraction of sp³-hybridized carbons (Fsp3) is 0.217. The summed E-state index contributed by atoms with van der Waals surface area (Å²) in [5, 5.41) is 0. The van der Waals surface area contributed by atoms with Gasteiger partial charge in [0.15, 0.2) is 0 Å². The molecule has 0 aliphatic heterocycles. The summed E-state index contributed by atoms with van der Waals surface area (Å²) in [7, 11) is 0. The van der Waals surface area contributed by atoms with Gasteiger partial charge in [-0.25, -0.2) is 4.39 Å². The van der Waals surface area contributed by atoms with Crippen LogP contribution in [0.4, 0.5) is 4.39 Å². The Bertz CT molecular complexity index is 878. The Labute approximate surface area is 159 Å². The molecule has 3 aromatic rings. The highest BCUT2D eigenvalue weighted by Crippen LogP contribution is 2.15. The van der Waals surface area contributed by atoms with E-state index in [0.29, 0.717) is 18.7 Å². The van der Waals surface area contributed by atoms with Crippen LogP contribution in [-0.2, 0) is 30.7 Å². The van der Waals surface area contributed by atoms with Crippen molar-refractivity contribution in [3.63, 3.8) is 0 Å². The fourth-order valence-corrected chi connectivity index (χ4v) is 2.96. The molecule has 0 aliphatic rings. The van der Waals surface area contributed by atoms with Crippen LogP contribution in [0.5, 0.6) is 0 Å². The highest BCUT2D eigenvalue weighted by Gasteiger charge is 2.17. The van der Waals surface area contributed by atoms with Gasteiger partial charge in [-0.2, -0.15) is 0 Å². The standard InChI is InChI=1S/C23H23FN2O/c1-2-18-9-11-19(12-10-18)16-26(17-20-6-5-13-25-15-20)23(27)14-21-7-3-4-8-22(21)24/h3-13,15H,2,14,16-17H2,1H3. The van der Waals surface area contributed by atoms with Gasteiger partial charge in [-0.1, -0.05) is 55.5 Å². The normalized spacial score (nSPS) is 10.6. The minimum Gasteiger partial charge on any atom is -0.334 e. The molecule has 0 fully saturated rings. The van der Waals surface area contributed by atoms with Gasteiger partial charge in [-0.15, -0.1) is 0 Å². The van der Waals surface area contributed by atoms with E-state index in [1.165, 1.54) is 11.6 Å². The minimum absolute atomic E-state index is 0.0416. The van der Waals surface area contributed by atoms with Crippen LogP contribution >= 0.6 is 0 Å². The molecule has 0 unspecified atom stereocenters. The molecule has 1 heterocycles. The quantitative estimate of drug-likeness (QED) is 0.617. The number of rotatable bonds is 7. The number of benzene rings is 2. The van der Waals surface area contributed by atoms with Crippen molar-refractivity contribution in [1.29, 1.82) is 0 Å². The Hall–Kier alpha value is -3.01. The van der Waals surface area contributed by atoms with Crippen molar-refractivity contribution in [3.05, 3.63) is 101 Å². The van der Waals surface area contributed by atoms with E-state index in [1.807, 2.05) is 24.3 Å². The lowest BCUT2D eigenvalue weighted by molar-refractivity contribution is -0.131. The van der Waals surface area contributed by atoms with E-state index >= 15 is 0 Å². The first-order chi connectivity index (χ1) is 13.2. The average molecular weight is 362 g/mol. The summed E-state index contributed by atoms with van der Waals surface area (Å²) in [6.45, 7) is 3.03. The number of carbonyl (C=O) groups excluding carboxylic acids is 1. The van der Waals surface area contributed by atoms with Crippen molar-refractivity contribution in [2.24, 2.45) is 0 Å². The summed E-state index contributed by atoms with van der Waals surface area (Å²) in [4.78, 5) is 18.8. The average Bonchev–Trinajstić information content (AvgIpc) is 2.70. The van der Waals surface area contributed by atoms with E-state index < -0.39 is 0 Å². The molecule has 1 aromatic heterocycles.